The van der Waals surface area contributed by atoms with Crippen LogP contribution in [0, 0.1) is 104 Å². The first kappa shape index (κ1) is 73.8. The van der Waals surface area contributed by atoms with E-state index in [1.54, 1.807) is 23.6 Å². The Labute approximate surface area is 536 Å². The smallest absolute Gasteiger partial charge is 0.264 e. The van der Waals surface area contributed by atoms with Crippen molar-refractivity contribution in [1.82, 2.24) is 39.0 Å². The molecule has 9 aromatic heterocycles. The lowest BCUT2D eigenvalue weighted by atomic mass is 10.2. The number of hydrogen-bond donors (Lipinski definition) is 1. The number of hydrogen-bond acceptors (Lipinski definition) is 9. The van der Waals surface area contributed by atoms with Gasteiger partial charge in [0.1, 0.15) is 12.7 Å². The molecule has 18 heteroatoms. The van der Waals surface area contributed by atoms with E-state index in [-0.39, 0.29) is 11.7 Å². The third-order valence-corrected chi connectivity index (χ3v) is 19.0. The van der Waals surface area contributed by atoms with Crippen LogP contribution in [-0.2, 0) is 41.7 Å². The standard InChI is InChI=1S/C10H11N.C9H10O2.2C7H10S.C6H6F2S.4C6H10N2.C5H5BrS/c1-8-7-9-5-3-4-6-10(9)11(8)2;1-7-6-10-8-4-2-3-5-9(8)11-7;1-5-4-6(2)8-7(5)3;1-3-7-4-5-8-6(7)2;1-4-5(6(7)8)2-3-9-4;1-5-4-8(3)7-6(5)2;3*1-5-4-7-8(3)6(5)2;1-4-5(6)2-3-7-4/h3-7H,1-2H3;2-5,7H,6H2,1H3;4H,1-3H3;4-5H,3H2,1-2H3;2-3,6H,1H3;4*4H,1-3H3;2-3H,1H3/p+1. The third-order valence-electron chi connectivity index (χ3n) is 14.2. The van der Waals surface area contributed by atoms with E-state index in [1.165, 1.54) is 121 Å². The summed E-state index contributed by atoms with van der Waals surface area (Å²) in [5.41, 5.74) is 15.8. The van der Waals surface area contributed by atoms with Crippen molar-refractivity contribution in [3.05, 3.63) is 216 Å². The molecule has 0 radical (unpaired) electrons. The zero-order valence-corrected chi connectivity index (χ0v) is 59.6. The number of nitrogens with zero attached hydrogens (tertiary/aromatic N) is 8. The molecule has 0 saturated carbocycles. The zero-order chi connectivity index (χ0) is 64.4. The summed E-state index contributed by atoms with van der Waals surface area (Å²) in [6.45, 7) is 35.9. The van der Waals surface area contributed by atoms with Crippen LogP contribution in [0.2, 0.25) is 0 Å². The van der Waals surface area contributed by atoms with Crippen LogP contribution < -0.4 is 14.2 Å². The maximum absolute atomic E-state index is 11.9. The molecular formula is C68H93BrF2N9O2S4+. The van der Waals surface area contributed by atoms with Gasteiger partial charge in [0.25, 0.3) is 6.43 Å². The van der Waals surface area contributed by atoms with Crippen LogP contribution in [0.4, 0.5) is 8.78 Å². The molecule has 11 aromatic rings. The Balaban J connectivity index is 0.000000251. The van der Waals surface area contributed by atoms with Gasteiger partial charge in [-0.3, -0.25) is 14.0 Å². The van der Waals surface area contributed by atoms with Gasteiger partial charge in [0.15, 0.2) is 24.7 Å². The molecule has 0 bridgehead atoms. The summed E-state index contributed by atoms with van der Waals surface area (Å²) in [4.78, 5) is 6.39. The highest BCUT2D eigenvalue weighted by molar-refractivity contribution is 9.10. The summed E-state index contributed by atoms with van der Waals surface area (Å²) in [5.74, 6) is 1.71. The quantitative estimate of drug-likeness (QED) is 0.174. The summed E-state index contributed by atoms with van der Waals surface area (Å²) in [7, 11) is 9.92. The Bertz CT molecular complexity index is 3440. The van der Waals surface area contributed by atoms with Crippen LogP contribution in [0.5, 0.6) is 11.5 Å². The van der Waals surface area contributed by atoms with Crippen molar-refractivity contribution in [2.75, 3.05) is 6.61 Å². The van der Waals surface area contributed by atoms with E-state index in [2.05, 4.69) is 217 Å². The molecule has 1 unspecified atom stereocenters. The molecule has 2 aromatic carbocycles. The molecule has 0 saturated heterocycles. The van der Waals surface area contributed by atoms with Gasteiger partial charge < -0.3 is 14.0 Å². The first-order valence-corrected chi connectivity index (χ1v) is 32.7. The molecule has 0 fully saturated rings. The second-order valence-corrected chi connectivity index (χ2v) is 26.5. The molecule has 1 N–H and O–H groups in total. The number of H-pyrrole nitrogens is 1. The monoisotopic (exact) mass is 1310 g/mol. The SMILES string of the molecule is CC1COc2ccccc2O1.CCc1ccsc1C.Cc1c[n+](C)[nH]c1C.Cc1cc(C)c(C)s1.Cc1cc2ccccc2n1C.Cc1cnn(C)c1C.Cc1cnn(C)c1C.Cc1cnn(C)c1C.Cc1sccc1Br.Cc1sccc1C(F)F. The van der Waals surface area contributed by atoms with Gasteiger partial charge in [-0.05, 0) is 231 Å². The topological polar surface area (TPSA) is 96.5 Å². The van der Waals surface area contributed by atoms with E-state index in [0.717, 1.165) is 11.5 Å². The minimum atomic E-state index is -2.31. The Morgan fingerprint density at radius 3 is 1.41 bits per heavy atom. The number of aromatic amines is 1. The lowest BCUT2D eigenvalue weighted by Gasteiger charge is -2.23. The molecule has 0 aliphatic carbocycles. The highest BCUT2D eigenvalue weighted by atomic mass is 79.9. The molecule has 1 atom stereocenters. The molecule has 0 spiro atoms. The number of thiophene rings is 4. The second kappa shape index (κ2) is 37.3. The van der Waals surface area contributed by atoms with Crippen LogP contribution in [0.3, 0.4) is 0 Å². The fraction of sp³-hybridized carbons (Fsp3) is 0.382. The number of para-hydroxylation sites is 3. The summed E-state index contributed by atoms with van der Waals surface area (Å²) >= 11 is 10.2. The van der Waals surface area contributed by atoms with Crippen LogP contribution in [0.15, 0.2) is 124 Å². The van der Waals surface area contributed by atoms with Gasteiger partial charge in [-0.25, -0.2) is 8.78 Å². The maximum Gasteiger partial charge on any atom is 0.264 e. The summed E-state index contributed by atoms with van der Waals surface area (Å²) in [6, 6.07) is 26.3. The third kappa shape index (κ3) is 24.7. The van der Waals surface area contributed by atoms with E-state index < -0.39 is 6.43 Å². The minimum absolute atomic E-state index is 0.167. The van der Waals surface area contributed by atoms with E-state index in [0.29, 0.717) is 11.5 Å². The summed E-state index contributed by atoms with van der Waals surface area (Å²) < 4.78 is 45.6. The summed E-state index contributed by atoms with van der Waals surface area (Å²) in [5, 5.41) is 22.4. The Hall–Kier alpha value is -6.44. The average Bonchev–Trinajstić information content (AvgIpc) is 3.32. The second-order valence-electron chi connectivity index (χ2n) is 20.9. The van der Waals surface area contributed by atoms with Gasteiger partial charge in [0, 0.05) is 96.5 Å². The number of benzene rings is 2. The summed E-state index contributed by atoms with van der Waals surface area (Å²) in [6.07, 6.45) is 6.71. The highest BCUT2D eigenvalue weighted by Gasteiger charge is 2.15. The fourth-order valence-corrected chi connectivity index (χ4v) is 11.3. The highest BCUT2D eigenvalue weighted by Crippen LogP contribution is 2.31. The van der Waals surface area contributed by atoms with Crippen molar-refractivity contribution < 1.29 is 22.9 Å². The molecular weight excluding hydrogens is 1220 g/mol. The Morgan fingerprint density at radius 1 is 0.616 bits per heavy atom. The number of ether oxygens (including phenoxy) is 2. The van der Waals surface area contributed by atoms with Crippen molar-refractivity contribution >= 4 is 72.2 Å². The molecule has 10 heterocycles. The molecule has 1 aliphatic heterocycles. The molecule has 86 heavy (non-hydrogen) atoms. The average molecular weight is 1310 g/mol. The van der Waals surface area contributed by atoms with Crippen molar-refractivity contribution in [2.45, 2.75) is 137 Å². The lowest BCUT2D eigenvalue weighted by molar-refractivity contribution is -0.727. The van der Waals surface area contributed by atoms with Crippen molar-refractivity contribution in [2.24, 2.45) is 35.2 Å². The number of rotatable bonds is 2. The van der Waals surface area contributed by atoms with Gasteiger partial charge in [-0.1, -0.05) is 37.3 Å². The maximum atomic E-state index is 11.9. The van der Waals surface area contributed by atoms with E-state index >= 15 is 0 Å². The largest absolute Gasteiger partial charge is 0.486 e. The number of fused-ring (bicyclic) bond motifs is 2. The fourth-order valence-electron chi connectivity index (χ4n) is 7.68. The van der Waals surface area contributed by atoms with Gasteiger partial charge in [-0.15, -0.1) is 50.0 Å². The van der Waals surface area contributed by atoms with Crippen molar-refractivity contribution in [3.63, 3.8) is 0 Å². The molecule has 1 aliphatic rings. The molecule has 12 rings (SSSR count). The van der Waals surface area contributed by atoms with Gasteiger partial charge in [-0.2, -0.15) is 20.4 Å². The number of aryl methyl sites for hydroxylation is 18. The van der Waals surface area contributed by atoms with Crippen LogP contribution >= 0.6 is 61.3 Å². The first-order valence-electron chi connectivity index (χ1n) is 28.4. The van der Waals surface area contributed by atoms with Gasteiger partial charge in [0.05, 0.1) is 24.3 Å². The lowest BCUT2D eigenvalue weighted by Crippen LogP contribution is -2.28. The Kier molecular flexibility index (Phi) is 32.0. The molecule has 0 amide bonds. The van der Waals surface area contributed by atoms with Crippen LogP contribution in [0.1, 0.15) is 112 Å². The normalized spacial score (nSPS) is 11.5. The predicted molar refractivity (Wildman–Crippen MR) is 367 cm³/mol. The number of alkyl halides is 2. The molecule has 11 nitrogen and oxygen atoms in total. The van der Waals surface area contributed by atoms with Crippen molar-refractivity contribution in [1.29, 1.82) is 0 Å². The predicted octanol–water partition coefficient (Wildman–Crippen LogP) is 19.0. The number of halogens is 3. The van der Waals surface area contributed by atoms with E-state index in [4.69, 9.17) is 9.47 Å². The van der Waals surface area contributed by atoms with Gasteiger partial charge in [0.2, 0.25) is 0 Å². The first-order chi connectivity index (χ1) is 40.6. The number of aromatic nitrogens is 9. The molecule has 466 valence electrons. The van der Waals surface area contributed by atoms with E-state index in [9.17, 15) is 8.78 Å². The Morgan fingerprint density at radius 2 is 1.12 bits per heavy atom. The van der Waals surface area contributed by atoms with Gasteiger partial charge >= 0.3 is 0 Å². The van der Waals surface area contributed by atoms with Crippen LogP contribution in [-0.4, -0.2) is 51.7 Å². The number of nitrogens with one attached hydrogen (secondary N) is 1. The van der Waals surface area contributed by atoms with Crippen molar-refractivity contribution in [3.8, 4) is 11.5 Å². The minimum Gasteiger partial charge on any atom is -0.486 e. The van der Waals surface area contributed by atoms with E-state index in [1.807, 2.05) is 119 Å². The zero-order valence-electron chi connectivity index (χ0n) is 54.8. The van der Waals surface area contributed by atoms with Crippen LogP contribution in [0.25, 0.3) is 10.9 Å².